The molecule has 3 aromatic carbocycles. The monoisotopic (exact) mass is 502 g/mol. The molecule has 190 valence electrons. The van der Waals surface area contributed by atoms with Crippen molar-refractivity contribution in [3.8, 4) is 5.75 Å². The molecule has 4 N–H and O–H groups in total. The molecule has 4 rings (SSSR count). The number of halogens is 1. The van der Waals surface area contributed by atoms with Gasteiger partial charge in [-0.15, -0.1) is 0 Å². The number of fused-ring (bicyclic) bond motifs is 1. The molecule has 2 amide bonds. The number of nitrogens with two attached hydrogens (primary N) is 1. The Balaban J connectivity index is 1.62. The van der Waals surface area contributed by atoms with E-state index in [9.17, 15) is 14.0 Å². The number of aromatic nitrogens is 2. The van der Waals surface area contributed by atoms with Crippen LogP contribution in [0.2, 0.25) is 0 Å². The van der Waals surface area contributed by atoms with Crippen molar-refractivity contribution in [3.63, 3.8) is 0 Å². The van der Waals surface area contributed by atoms with Crippen molar-refractivity contribution in [1.82, 2.24) is 14.9 Å². The third kappa shape index (κ3) is 5.81. The lowest BCUT2D eigenvalue weighted by molar-refractivity contribution is 0.0998. The van der Waals surface area contributed by atoms with Crippen molar-refractivity contribution in [2.24, 2.45) is 5.73 Å². The molecule has 1 heterocycles. The highest BCUT2D eigenvalue weighted by Crippen LogP contribution is 2.28. The number of carbonyl (C=O) groups is 2. The van der Waals surface area contributed by atoms with Crippen LogP contribution in [0.1, 0.15) is 32.3 Å². The molecule has 1 unspecified atom stereocenters. The van der Waals surface area contributed by atoms with Crippen LogP contribution in [-0.2, 0) is 0 Å². The number of nitrogens with one attached hydrogen (secondary N) is 2. The predicted octanol–water partition coefficient (Wildman–Crippen LogP) is 3.84. The van der Waals surface area contributed by atoms with Gasteiger partial charge < -0.3 is 26.0 Å². The Morgan fingerprint density at radius 3 is 2.57 bits per heavy atom. The van der Waals surface area contributed by atoms with Gasteiger partial charge in [0.1, 0.15) is 12.1 Å². The first-order valence-electron chi connectivity index (χ1n) is 11.5. The standard InChI is InChI=1S/C27H27FN6O3/c1-34(2)14-22(33-26-20-9-5-8-19(25(29)35)24(20)30-15-31-26)16-6-4-7-18(12-16)32-27(36)17-10-11-23(37-3)21(28)13-17/h4-13,15,22H,14H2,1-3H3,(H2,29,35)(H,32,36)(H,30,31,33). The van der Waals surface area contributed by atoms with E-state index in [2.05, 4.69) is 20.6 Å². The average Bonchev–Trinajstić information content (AvgIpc) is 2.88. The van der Waals surface area contributed by atoms with Crippen LogP contribution in [0.4, 0.5) is 15.9 Å². The van der Waals surface area contributed by atoms with Gasteiger partial charge in [-0.05, 0) is 62.1 Å². The minimum Gasteiger partial charge on any atom is -0.494 e. The summed E-state index contributed by atoms with van der Waals surface area (Å²) < 4.78 is 19.0. The summed E-state index contributed by atoms with van der Waals surface area (Å²) in [5.74, 6) is -1.02. The molecule has 0 fully saturated rings. The van der Waals surface area contributed by atoms with Crippen LogP contribution in [0.25, 0.3) is 10.9 Å². The number of likely N-dealkylation sites (N-methyl/N-ethyl adjacent to an activating group) is 1. The van der Waals surface area contributed by atoms with E-state index in [0.717, 1.165) is 11.6 Å². The van der Waals surface area contributed by atoms with Gasteiger partial charge in [0.2, 0.25) is 0 Å². The van der Waals surface area contributed by atoms with Crippen LogP contribution < -0.4 is 21.1 Å². The molecule has 4 aromatic rings. The molecular weight excluding hydrogens is 475 g/mol. The summed E-state index contributed by atoms with van der Waals surface area (Å²) in [7, 11) is 5.26. The summed E-state index contributed by atoms with van der Waals surface area (Å²) in [6.07, 6.45) is 1.38. The Labute approximate surface area is 213 Å². The van der Waals surface area contributed by atoms with Crippen LogP contribution in [0, 0.1) is 5.82 Å². The lowest BCUT2D eigenvalue weighted by Crippen LogP contribution is -2.26. The van der Waals surface area contributed by atoms with Gasteiger partial charge in [-0.2, -0.15) is 0 Å². The van der Waals surface area contributed by atoms with E-state index in [1.165, 1.54) is 25.6 Å². The van der Waals surface area contributed by atoms with E-state index in [0.29, 0.717) is 34.5 Å². The number of anilines is 2. The molecule has 10 heteroatoms. The highest BCUT2D eigenvalue weighted by atomic mass is 19.1. The number of methoxy groups -OCH3 is 1. The lowest BCUT2D eigenvalue weighted by Gasteiger charge is -2.24. The van der Waals surface area contributed by atoms with E-state index in [-0.39, 0.29) is 17.4 Å². The smallest absolute Gasteiger partial charge is 0.255 e. The van der Waals surface area contributed by atoms with Crippen LogP contribution in [-0.4, -0.2) is 54.4 Å². The fourth-order valence-electron chi connectivity index (χ4n) is 4.01. The van der Waals surface area contributed by atoms with Crippen molar-refractivity contribution >= 4 is 34.2 Å². The largest absolute Gasteiger partial charge is 0.494 e. The van der Waals surface area contributed by atoms with E-state index >= 15 is 0 Å². The second-order valence-corrected chi connectivity index (χ2v) is 8.68. The van der Waals surface area contributed by atoms with Crippen molar-refractivity contribution in [2.75, 3.05) is 38.4 Å². The first-order chi connectivity index (χ1) is 17.8. The number of hydrogen-bond acceptors (Lipinski definition) is 7. The molecule has 0 spiro atoms. The third-order valence-electron chi connectivity index (χ3n) is 5.75. The van der Waals surface area contributed by atoms with Gasteiger partial charge in [-0.1, -0.05) is 18.2 Å². The Morgan fingerprint density at radius 2 is 1.86 bits per heavy atom. The second-order valence-electron chi connectivity index (χ2n) is 8.68. The first kappa shape index (κ1) is 25.5. The summed E-state index contributed by atoms with van der Waals surface area (Å²) in [6.45, 7) is 0.599. The second kappa shape index (κ2) is 11.0. The summed E-state index contributed by atoms with van der Waals surface area (Å²) >= 11 is 0. The lowest BCUT2D eigenvalue weighted by atomic mass is 10.0. The number of hydrogen-bond donors (Lipinski definition) is 3. The van der Waals surface area contributed by atoms with E-state index in [1.807, 2.05) is 43.3 Å². The van der Waals surface area contributed by atoms with Crippen molar-refractivity contribution in [2.45, 2.75) is 6.04 Å². The van der Waals surface area contributed by atoms with Crippen LogP contribution >= 0.6 is 0 Å². The number of benzene rings is 3. The molecule has 0 aliphatic carbocycles. The van der Waals surface area contributed by atoms with Crippen molar-refractivity contribution in [3.05, 3.63) is 89.5 Å². The highest BCUT2D eigenvalue weighted by Gasteiger charge is 2.18. The minimum atomic E-state index is -0.615. The van der Waals surface area contributed by atoms with Crippen LogP contribution in [0.5, 0.6) is 5.75 Å². The number of para-hydroxylation sites is 1. The van der Waals surface area contributed by atoms with Gasteiger partial charge in [-0.25, -0.2) is 14.4 Å². The SMILES string of the molecule is COc1ccc(C(=O)Nc2cccc(C(CN(C)C)Nc3ncnc4c(C(N)=O)cccc34)c2)cc1F. The Morgan fingerprint density at radius 1 is 1.08 bits per heavy atom. The van der Waals surface area contributed by atoms with Crippen molar-refractivity contribution < 1.29 is 18.7 Å². The fraction of sp³-hybridized carbons (Fsp3) is 0.185. The zero-order valence-corrected chi connectivity index (χ0v) is 20.7. The molecule has 0 aliphatic rings. The molecule has 1 aromatic heterocycles. The number of amides is 2. The van der Waals surface area contributed by atoms with Crippen LogP contribution in [0.3, 0.4) is 0 Å². The highest BCUT2D eigenvalue weighted by molar-refractivity contribution is 6.07. The molecule has 37 heavy (non-hydrogen) atoms. The maximum absolute atomic E-state index is 14.1. The molecule has 0 saturated heterocycles. The molecule has 0 saturated carbocycles. The van der Waals surface area contributed by atoms with Gasteiger partial charge in [-0.3, -0.25) is 9.59 Å². The fourth-order valence-corrected chi connectivity index (χ4v) is 4.01. The zero-order chi connectivity index (χ0) is 26.5. The van der Waals surface area contributed by atoms with Gasteiger partial charge >= 0.3 is 0 Å². The molecule has 0 radical (unpaired) electrons. The zero-order valence-electron chi connectivity index (χ0n) is 20.7. The predicted molar refractivity (Wildman–Crippen MR) is 140 cm³/mol. The van der Waals surface area contributed by atoms with E-state index < -0.39 is 17.6 Å². The summed E-state index contributed by atoms with van der Waals surface area (Å²) in [5, 5.41) is 6.93. The van der Waals surface area contributed by atoms with Gasteiger partial charge in [0.15, 0.2) is 11.6 Å². The number of primary amides is 1. The average molecular weight is 503 g/mol. The summed E-state index contributed by atoms with van der Waals surface area (Å²) in [6, 6.07) is 16.3. The number of carbonyl (C=O) groups excluding carboxylic acids is 2. The molecule has 0 aliphatic heterocycles. The topological polar surface area (TPSA) is 122 Å². The van der Waals surface area contributed by atoms with Gasteiger partial charge in [0.05, 0.1) is 24.2 Å². The molecule has 1 atom stereocenters. The Kier molecular flexibility index (Phi) is 7.59. The molecular formula is C27H27FN6O3. The first-order valence-corrected chi connectivity index (χ1v) is 11.5. The van der Waals surface area contributed by atoms with E-state index in [1.54, 1.807) is 18.2 Å². The normalized spacial score (nSPS) is 11.8. The summed E-state index contributed by atoms with van der Waals surface area (Å²) in [4.78, 5) is 35.3. The summed E-state index contributed by atoms with van der Waals surface area (Å²) in [5.41, 5.74) is 7.89. The maximum atomic E-state index is 14.1. The third-order valence-corrected chi connectivity index (χ3v) is 5.75. The Bertz CT molecular complexity index is 1460. The number of rotatable bonds is 9. The minimum absolute atomic E-state index is 0.0661. The van der Waals surface area contributed by atoms with E-state index in [4.69, 9.17) is 10.5 Å². The molecule has 9 nitrogen and oxygen atoms in total. The van der Waals surface area contributed by atoms with Gasteiger partial charge in [0, 0.05) is 23.2 Å². The van der Waals surface area contributed by atoms with Gasteiger partial charge in [0.25, 0.3) is 11.8 Å². The molecule has 0 bridgehead atoms. The van der Waals surface area contributed by atoms with Crippen LogP contribution in [0.15, 0.2) is 67.0 Å². The number of ether oxygens (including phenoxy) is 1. The van der Waals surface area contributed by atoms with Crippen molar-refractivity contribution in [1.29, 1.82) is 0 Å². The maximum Gasteiger partial charge on any atom is 0.255 e. The quantitative estimate of drug-likeness (QED) is 0.318. The Hall–Kier alpha value is -4.57. The number of nitrogens with zero attached hydrogens (tertiary/aromatic N) is 3.